The van der Waals surface area contributed by atoms with Crippen molar-refractivity contribution in [3.63, 3.8) is 0 Å². The molecule has 0 aliphatic rings. The lowest BCUT2D eigenvalue weighted by Gasteiger charge is -2.07. The summed E-state index contributed by atoms with van der Waals surface area (Å²) in [6.45, 7) is 0. The van der Waals surface area contributed by atoms with Gasteiger partial charge in [-0.05, 0) is 5.56 Å². The van der Waals surface area contributed by atoms with Gasteiger partial charge in [-0.1, -0.05) is 30.3 Å². The van der Waals surface area contributed by atoms with Crippen molar-refractivity contribution in [3.8, 4) is 11.1 Å². The second kappa shape index (κ2) is 4.64. The van der Waals surface area contributed by atoms with Gasteiger partial charge in [-0.25, -0.2) is 0 Å². The number of hydrogen-bond acceptors (Lipinski definition) is 4. The van der Waals surface area contributed by atoms with Gasteiger partial charge in [0.25, 0.3) is 0 Å². The normalized spacial score (nSPS) is 12.4. The van der Waals surface area contributed by atoms with Crippen LogP contribution in [0.5, 0.6) is 0 Å². The minimum absolute atomic E-state index is 0.241. The second-order valence-corrected chi connectivity index (χ2v) is 3.90. The standard InChI is InChI=1S/C10H6F2N2O2S/c11-8-7(6-4-2-1-3-5-6)9(12)14-10(13-8)17(15)16/h1-5H,(H,15,16)/p-1. The summed E-state index contributed by atoms with van der Waals surface area (Å²) in [6, 6.07) is 7.81. The Morgan fingerprint density at radius 2 is 1.59 bits per heavy atom. The molecule has 17 heavy (non-hydrogen) atoms. The Morgan fingerprint density at radius 1 is 1.06 bits per heavy atom. The average Bonchev–Trinajstić information content (AvgIpc) is 2.29. The van der Waals surface area contributed by atoms with Crippen LogP contribution in [-0.4, -0.2) is 18.7 Å². The molecule has 0 bridgehead atoms. The molecule has 88 valence electrons. The molecule has 7 heteroatoms. The molecule has 2 rings (SSSR count). The summed E-state index contributed by atoms with van der Waals surface area (Å²) < 4.78 is 48.0. The molecule has 0 fully saturated rings. The highest BCUT2D eigenvalue weighted by Crippen LogP contribution is 2.23. The maximum atomic E-state index is 13.5. The lowest BCUT2D eigenvalue weighted by Crippen LogP contribution is -2.05. The van der Waals surface area contributed by atoms with Crippen molar-refractivity contribution in [2.24, 2.45) is 0 Å². The van der Waals surface area contributed by atoms with Crippen LogP contribution < -0.4 is 0 Å². The van der Waals surface area contributed by atoms with Crippen LogP contribution in [0.25, 0.3) is 11.1 Å². The molecule has 0 saturated heterocycles. The first kappa shape index (κ1) is 11.7. The number of hydrogen-bond donors (Lipinski definition) is 0. The van der Waals surface area contributed by atoms with Gasteiger partial charge in [0.2, 0.25) is 17.1 Å². The predicted octanol–water partition coefficient (Wildman–Crippen LogP) is 1.66. The van der Waals surface area contributed by atoms with E-state index in [1.165, 1.54) is 12.1 Å². The van der Waals surface area contributed by atoms with E-state index in [9.17, 15) is 17.5 Å². The molecule has 0 spiro atoms. The third kappa shape index (κ3) is 2.34. The Labute approximate surface area is 97.6 Å². The minimum Gasteiger partial charge on any atom is -0.766 e. The topological polar surface area (TPSA) is 65.9 Å². The van der Waals surface area contributed by atoms with Gasteiger partial charge in [0.1, 0.15) is 0 Å². The molecule has 0 saturated carbocycles. The number of aromatic nitrogens is 2. The lowest BCUT2D eigenvalue weighted by atomic mass is 10.1. The highest BCUT2D eigenvalue weighted by molar-refractivity contribution is 7.78. The van der Waals surface area contributed by atoms with Crippen molar-refractivity contribution >= 4 is 11.1 Å². The maximum Gasteiger partial charge on any atom is 0.227 e. The van der Waals surface area contributed by atoms with Crippen LogP contribution in [0.4, 0.5) is 8.78 Å². The lowest BCUT2D eigenvalue weighted by molar-refractivity contribution is 0.483. The van der Waals surface area contributed by atoms with Gasteiger partial charge < -0.3 is 4.55 Å². The van der Waals surface area contributed by atoms with Crippen molar-refractivity contribution in [2.75, 3.05) is 0 Å². The molecule has 2 aromatic rings. The van der Waals surface area contributed by atoms with E-state index in [1.54, 1.807) is 18.2 Å². The van der Waals surface area contributed by atoms with Gasteiger partial charge >= 0.3 is 0 Å². The highest BCUT2D eigenvalue weighted by atomic mass is 32.2. The van der Waals surface area contributed by atoms with E-state index in [4.69, 9.17) is 0 Å². The Bertz CT molecular complexity index is 555. The first-order valence-electron chi connectivity index (χ1n) is 4.47. The number of benzene rings is 1. The van der Waals surface area contributed by atoms with Crippen LogP contribution in [0.3, 0.4) is 0 Å². The zero-order valence-electron chi connectivity index (χ0n) is 8.26. The molecule has 0 amide bonds. The summed E-state index contributed by atoms with van der Waals surface area (Å²) in [4.78, 5) is 6.16. The van der Waals surface area contributed by atoms with Crippen molar-refractivity contribution in [3.05, 3.63) is 42.2 Å². The average molecular weight is 255 g/mol. The van der Waals surface area contributed by atoms with Crippen molar-refractivity contribution < 1.29 is 17.5 Å². The second-order valence-electron chi connectivity index (χ2n) is 3.06. The van der Waals surface area contributed by atoms with Crippen molar-refractivity contribution in [1.82, 2.24) is 9.97 Å². The van der Waals surface area contributed by atoms with E-state index in [0.717, 1.165) is 0 Å². The Hall–Kier alpha value is -1.73. The van der Waals surface area contributed by atoms with E-state index in [2.05, 4.69) is 9.97 Å². The summed E-state index contributed by atoms with van der Waals surface area (Å²) >= 11 is -2.87. The Balaban J connectivity index is 2.61. The van der Waals surface area contributed by atoms with Crippen LogP contribution in [0.15, 0.2) is 35.5 Å². The quantitative estimate of drug-likeness (QED) is 0.465. The van der Waals surface area contributed by atoms with Crippen LogP contribution in [0.1, 0.15) is 0 Å². The molecule has 1 unspecified atom stereocenters. The Kier molecular flexibility index (Phi) is 3.21. The smallest absolute Gasteiger partial charge is 0.227 e. The first-order chi connectivity index (χ1) is 8.09. The summed E-state index contributed by atoms with van der Waals surface area (Å²) in [5.74, 6) is -2.41. The number of halogens is 2. The van der Waals surface area contributed by atoms with Gasteiger partial charge in [0.15, 0.2) is 0 Å². The van der Waals surface area contributed by atoms with Crippen molar-refractivity contribution in [1.29, 1.82) is 0 Å². The number of nitrogens with zero attached hydrogens (tertiary/aromatic N) is 2. The van der Waals surface area contributed by atoms with E-state index in [0.29, 0.717) is 0 Å². The number of rotatable bonds is 2. The van der Waals surface area contributed by atoms with Crippen LogP contribution >= 0.6 is 0 Å². The molecule has 1 aromatic heterocycles. The molecule has 0 N–H and O–H groups in total. The zero-order valence-corrected chi connectivity index (χ0v) is 9.08. The SMILES string of the molecule is O=S([O-])c1nc(F)c(-c2ccccc2)c(F)n1. The molecule has 1 heterocycles. The van der Waals surface area contributed by atoms with Crippen LogP contribution in [0.2, 0.25) is 0 Å². The first-order valence-corrected chi connectivity index (χ1v) is 5.55. The molecule has 0 aliphatic heterocycles. The highest BCUT2D eigenvalue weighted by Gasteiger charge is 2.16. The van der Waals surface area contributed by atoms with E-state index in [-0.39, 0.29) is 5.56 Å². The molecule has 0 aliphatic carbocycles. The summed E-state index contributed by atoms with van der Waals surface area (Å²) in [5, 5.41) is -0.903. The van der Waals surface area contributed by atoms with E-state index in [1.807, 2.05) is 0 Å². The van der Waals surface area contributed by atoms with Gasteiger partial charge in [0.05, 0.1) is 5.56 Å². The van der Waals surface area contributed by atoms with E-state index < -0.39 is 33.7 Å². The molecule has 1 aromatic carbocycles. The molecule has 1 atom stereocenters. The van der Waals surface area contributed by atoms with Crippen molar-refractivity contribution in [2.45, 2.75) is 5.16 Å². The van der Waals surface area contributed by atoms with Crippen LogP contribution in [0, 0.1) is 11.9 Å². The minimum atomic E-state index is -2.87. The maximum absolute atomic E-state index is 13.5. The van der Waals surface area contributed by atoms with E-state index >= 15 is 0 Å². The fraction of sp³-hybridized carbons (Fsp3) is 0. The van der Waals surface area contributed by atoms with Gasteiger partial charge in [0, 0.05) is 11.1 Å². The Morgan fingerprint density at radius 3 is 2.06 bits per heavy atom. The molecular formula is C10H5F2N2O2S-. The predicted molar refractivity (Wildman–Crippen MR) is 54.6 cm³/mol. The van der Waals surface area contributed by atoms with Gasteiger partial charge in [-0.15, -0.1) is 0 Å². The largest absolute Gasteiger partial charge is 0.766 e. The third-order valence-corrected chi connectivity index (χ3v) is 2.49. The molecule has 4 nitrogen and oxygen atoms in total. The van der Waals surface area contributed by atoms with Gasteiger partial charge in [-0.2, -0.15) is 18.7 Å². The van der Waals surface area contributed by atoms with Crippen LogP contribution in [-0.2, 0) is 11.1 Å². The summed E-state index contributed by atoms with van der Waals surface area (Å²) in [5.41, 5.74) is -0.203. The van der Waals surface area contributed by atoms with Gasteiger partial charge in [-0.3, -0.25) is 4.21 Å². The monoisotopic (exact) mass is 255 g/mol. The zero-order chi connectivity index (χ0) is 12.4. The fourth-order valence-electron chi connectivity index (χ4n) is 1.31. The fourth-order valence-corrected chi connectivity index (χ4v) is 1.62. The molecule has 0 radical (unpaired) electrons. The summed E-state index contributed by atoms with van der Waals surface area (Å²) in [7, 11) is 0. The summed E-state index contributed by atoms with van der Waals surface area (Å²) in [6.07, 6.45) is 0. The third-order valence-electron chi connectivity index (χ3n) is 2.01. The molecular weight excluding hydrogens is 250 g/mol.